The summed E-state index contributed by atoms with van der Waals surface area (Å²) in [6.07, 6.45) is 6.86. The van der Waals surface area contributed by atoms with Gasteiger partial charge in [0.2, 0.25) is 0 Å². The molecular formula is C20H21NO3. The minimum atomic E-state index is 0.448. The van der Waals surface area contributed by atoms with Gasteiger partial charge >= 0.3 is 0 Å². The normalized spacial score (nSPS) is 12.8. The number of rotatable bonds is 7. The van der Waals surface area contributed by atoms with Crippen molar-refractivity contribution in [3.05, 3.63) is 84.1 Å². The Balaban J connectivity index is 1.59. The summed E-state index contributed by atoms with van der Waals surface area (Å²) in [5, 5.41) is 3.10. The third kappa shape index (κ3) is 4.32. The van der Waals surface area contributed by atoms with E-state index in [0.717, 1.165) is 30.0 Å². The van der Waals surface area contributed by atoms with Gasteiger partial charge in [-0.3, -0.25) is 0 Å². The Hall–Kier alpha value is -2.88. The monoisotopic (exact) mass is 323 g/mol. The second kappa shape index (κ2) is 8.11. The summed E-state index contributed by atoms with van der Waals surface area (Å²) in [4.78, 5) is 0. The Morgan fingerprint density at radius 1 is 1.00 bits per heavy atom. The van der Waals surface area contributed by atoms with Crippen molar-refractivity contribution in [2.75, 3.05) is 13.7 Å². The lowest BCUT2D eigenvalue weighted by atomic mass is 10.0. The first kappa shape index (κ1) is 16.0. The van der Waals surface area contributed by atoms with E-state index in [1.807, 2.05) is 30.3 Å². The van der Waals surface area contributed by atoms with E-state index in [4.69, 9.17) is 14.2 Å². The molecule has 124 valence electrons. The van der Waals surface area contributed by atoms with Gasteiger partial charge in [-0.15, -0.1) is 0 Å². The highest BCUT2D eigenvalue weighted by atomic mass is 16.5. The molecule has 0 saturated carbocycles. The van der Waals surface area contributed by atoms with E-state index in [1.165, 1.54) is 11.1 Å². The van der Waals surface area contributed by atoms with Crippen LogP contribution in [-0.4, -0.2) is 13.7 Å². The lowest BCUT2D eigenvalue weighted by Crippen LogP contribution is -2.16. The Labute approximate surface area is 142 Å². The number of aryl methyl sites for hydroxylation is 2. The second-order valence-electron chi connectivity index (χ2n) is 5.47. The molecule has 1 N–H and O–H groups in total. The van der Waals surface area contributed by atoms with Gasteiger partial charge in [-0.1, -0.05) is 30.3 Å². The first-order valence-corrected chi connectivity index (χ1v) is 7.95. The Morgan fingerprint density at radius 2 is 1.83 bits per heavy atom. The summed E-state index contributed by atoms with van der Waals surface area (Å²) in [6, 6.07) is 16.3. The standard InChI is InChI=1S/C20H21NO3/c1-22-19-10-7-16(8-11-19)6-9-17-4-2-3-5-20(17)24-15-18-14-23-13-12-21-18/h2-5,7-8,10-14,21H,6,9,15H2,1H3. The predicted molar refractivity (Wildman–Crippen MR) is 93.8 cm³/mol. The van der Waals surface area contributed by atoms with Crippen molar-refractivity contribution in [2.45, 2.75) is 12.8 Å². The van der Waals surface area contributed by atoms with Crippen LogP contribution in [-0.2, 0) is 17.6 Å². The smallest absolute Gasteiger partial charge is 0.131 e. The summed E-state index contributed by atoms with van der Waals surface area (Å²) in [6.45, 7) is 0.448. The molecule has 2 aromatic carbocycles. The number of nitrogens with one attached hydrogen (secondary N) is 1. The third-order valence-electron chi connectivity index (χ3n) is 3.82. The molecule has 0 fully saturated rings. The van der Waals surface area contributed by atoms with Gasteiger partial charge in [-0.2, -0.15) is 0 Å². The lowest BCUT2D eigenvalue weighted by Gasteiger charge is -2.14. The quantitative estimate of drug-likeness (QED) is 0.841. The molecule has 1 heterocycles. The maximum Gasteiger partial charge on any atom is 0.131 e. The van der Waals surface area contributed by atoms with E-state index in [2.05, 4.69) is 23.5 Å². The van der Waals surface area contributed by atoms with Crippen LogP contribution in [0.5, 0.6) is 11.5 Å². The largest absolute Gasteiger partial charge is 0.497 e. The average Bonchev–Trinajstić information content (AvgIpc) is 2.66. The zero-order valence-electron chi connectivity index (χ0n) is 13.7. The minimum Gasteiger partial charge on any atom is -0.497 e. The maximum atomic E-state index is 5.94. The maximum absolute atomic E-state index is 5.94. The fourth-order valence-corrected chi connectivity index (χ4v) is 2.49. The predicted octanol–water partition coefficient (Wildman–Crippen LogP) is 3.79. The van der Waals surface area contributed by atoms with Crippen molar-refractivity contribution in [1.29, 1.82) is 0 Å². The Kier molecular flexibility index (Phi) is 5.40. The van der Waals surface area contributed by atoms with Gasteiger partial charge in [0.1, 0.15) is 30.6 Å². The summed E-state index contributed by atoms with van der Waals surface area (Å²) in [5.41, 5.74) is 3.37. The highest BCUT2D eigenvalue weighted by molar-refractivity contribution is 5.35. The van der Waals surface area contributed by atoms with Crippen molar-refractivity contribution < 1.29 is 14.2 Å². The van der Waals surface area contributed by atoms with Crippen molar-refractivity contribution in [3.8, 4) is 11.5 Å². The van der Waals surface area contributed by atoms with Crippen LogP contribution < -0.4 is 14.8 Å². The van der Waals surface area contributed by atoms with E-state index >= 15 is 0 Å². The van der Waals surface area contributed by atoms with Crippen LogP contribution in [0.4, 0.5) is 0 Å². The number of para-hydroxylation sites is 1. The Morgan fingerprint density at radius 3 is 2.58 bits per heavy atom. The van der Waals surface area contributed by atoms with Crippen molar-refractivity contribution >= 4 is 0 Å². The van der Waals surface area contributed by atoms with Gasteiger partial charge < -0.3 is 19.5 Å². The lowest BCUT2D eigenvalue weighted by molar-refractivity contribution is 0.318. The molecule has 0 radical (unpaired) electrons. The number of hydrogen-bond acceptors (Lipinski definition) is 4. The van der Waals surface area contributed by atoms with Gasteiger partial charge in [0.15, 0.2) is 0 Å². The first-order valence-electron chi connectivity index (χ1n) is 7.95. The SMILES string of the molecule is COc1ccc(CCc2ccccc2OCC2=COC=CN2)cc1. The van der Waals surface area contributed by atoms with Crippen molar-refractivity contribution in [3.63, 3.8) is 0 Å². The zero-order chi connectivity index (χ0) is 16.6. The van der Waals surface area contributed by atoms with Crippen molar-refractivity contribution in [1.82, 2.24) is 5.32 Å². The van der Waals surface area contributed by atoms with E-state index in [-0.39, 0.29) is 0 Å². The van der Waals surface area contributed by atoms with E-state index in [9.17, 15) is 0 Å². The van der Waals surface area contributed by atoms with Crippen LogP contribution in [0.3, 0.4) is 0 Å². The molecule has 0 spiro atoms. The molecule has 1 aliphatic rings. The molecule has 0 saturated heterocycles. The van der Waals surface area contributed by atoms with Crippen molar-refractivity contribution in [2.24, 2.45) is 0 Å². The average molecular weight is 323 g/mol. The van der Waals surface area contributed by atoms with Gasteiger partial charge in [-0.25, -0.2) is 0 Å². The molecule has 24 heavy (non-hydrogen) atoms. The van der Waals surface area contributed by atoms with Gasteiger partial charge in [0, 0.05) is 6.20 Å². The molecule has 0 amide bonds. The number of hydrogen-bond donors (Lipinski definition) is 1. The second-order valence-corrected chi connectivity index (χ2v) is 5.47. The molecule has 1 aliphatic heterocycles. The van der Waals surface area contributed by atoms with Gasteiger partial charge in [0.05, 0.1) is 12.8 Å². The van der Waals surface area contributed by atoms with Crippen LogP contribution >= 0.6 is 0 Å². The highest BCUT2D eigenvalue weighted by Gasteiger charge is 2.06. The molecule has 0 atom stereocenters. The molecule has 2 aromatic rings. The molecular weight excluding hydrogens is 302 g/mol. The highest BCUT2D eigenvalue weighted by Crippen LogP contribution is 2.21. The molecule has 0 bridgehead atoms. The van der Waals surface area contributed by atoms with Gasteiger partial charge in [-0.05, 0) is 42.2 Å². The van der Waals surface area contributed by atoms with E-state index in [0.29, 0.717) is 6.61 Å². The topological polar surface area (TPSA) is 39.7 Å². The van der Waals surface area contributed by atoms with Crippen LogP contribution in [0.2, 0.25) is 0 Å². The molecule has 4 heteroatoms. The summed E-state index contributed by atoms with van der Waals surface area (Å²) in [7, 11) is 1.68. The summed E-state index contributed by atoms with van der Waals surface area (Å²) < 4.78 is 16.3. The number of methoxy groups -OCH3 is 1. The fourth-order valence-electron chi connectivity index (χ4n) is 2.49. The summed E-state index contributed by atoms with van der Waals surface area (Å²) in [5.74, 6) is 1.79. The zero-order valence-corrected chi connectivity index (χ0v) is 13.7. The molecule has 0 aromatic heterocycles. The Bertz CT molecular complexity index is 720. The fraction of sp³-hybridized carbons (Fsp3) is 0.200. The third-order valence-corrected chi connectivity index (χ3v) is 3.82. The first-order chi connectivity index (χ1) is 11.8. The summed E-state index contributed by atoms with van der Waals surface area (Å²) >= 11 is 0. The number of ether oxygens (including phenoxy) is 3. The van der Waals surface area contributed by atoms with Crippen LogP contribution in [0.25, 0.3) is 0 Å². The minimum absolute atomic E-state index is 0.448. The van der Waals surface area contributed by atoms with Crippen LogP contribution in [0, 0.1) is 0 Å². The molecule has 3 rings (SSSR count). The molecule has 0 unspecified atom stereocenters. The van der Waals surface area contributed by atoms with Crippen LogP contribution in [0.1, 0.15) is 11.1 Å². The van der Waals surface area contributed by atoms with Crippen LogP contribution in [0.15, 0.2) is 73.0 Å². The molecule has 4 nitrogen and oxygen atoms in total. The van der Waals surface area contributed by atoms with E-state index in [1.54, 1.807) is 25.8 Å². The molecule has 0 aliphatic carbocycles. The van der Waals surface area contributed by atoms with E-state index < -0.39 is 0 Å². The van der Waals surface area contributed by atoms with Gasteiger partial charge in [0.25, 0.3) is 0 Å². The number of benzene rings is 2.